The SMILES string of the molecule is O=C(CN1CCOCC1)NCC1(C(O)c2ccccc2)CC1. The van der Waals surface area contributed by atoms with E-state index in [1.807, 2.05) is 30.3 Å². The molecule has 1 aliphatic heterocycles. The second-order valence-electron chi connectivity index (χ2n) is 6.34. The third-order valence-corrected chi connectivity index (χ3v) is 4.70. The van der Waals surface area contributed by atoms with E-state index in [4.69, 9.17) is 4.74 Å². The molecule has 1 atom stereocenters. The van der Waals surface area contributed by atoms with Gasteiger partial charge >= 0.3 is 0 Å². The maximum atomic E-state index is 12.1. The van der Waals surface area contributed by atoms with Gasteiger partial charge in [0.1, 0.15) is 0 Å². The maximum absolute atomic E-state index is 12.1. The Balaban J connectivity index is 1.49. The molecule has 1 amide bonds. The molecule has 2 aliphatic rings. The van der Waals surface area contributed by atoms with Gasteiger partial charge in [-0.25, -0.2) is 0 Å². The number of ether oxygens (including phenoxy) is 1. The number of benzene rings is 1. The van der Waals surface area contributed by atoms with Crippen molar-refractivity contribution in [3.63, 3.8) is 0 Å². The van der Waals surface area contributed by atoms with E-state index in [1.165, 1.54) is 0 Å². The monoisotopic (exact) mass is 304 g/mol. The first-order chi connectivity index (χ1) is 10.7. The molecule has 3 rings (SSSR count). The predicted molar refractivity (Wildman–Crippen MR) is 83.3 cm³/mol. The van der Waals surface area contributed by atoms with Crippen LogP contribution in [0, 0.1) is 5.41 Å². The van der Waals surface area contributed by atoms with Crippen molar-refractivity contribution in [3.05, 3.63) is 35.9 Å². The van der Waals surface area contributed by atoms with Crippen LogP contribution in [0.5, 0.6) is 0 Å². The molecule has 1 saturated carbocycles. The van der Waals surface area contributed by atoms with Crippen molar-refractivity contribution >= 4 is 5.91 Å². The molecule has 1 unspecified atom stereocenters. The molecule has 22 heavy (non-hydrogen) atoms. The van der Waals surface area contributed by atoms with E-state index in [2.05, 4.69) is 10.2 Å². The quantitative estimate of drug-likeness (QED) is 0.821. The van der Waals surface area contributed by atoms with Gasteiger partial charge < -0.3 is 15.2 Å². The molecule has 5 nitrogen and oxygen atoms in total. The highest BCUT2D eigenvalue weighted by Gasteiger charge is 2.49. The summed E-state index contributed by atoms with van der Waals surface area (Å²) in [5, 5.41) is 13.6. The smallest absolute Gasteiger partial charge is 0.234 e. The number of carbonyl (C=O) groups is 1. The molecule has 2 N–H and O–H groups in total. The summed E-state index contributed by atoms with van der Waals surface area (Å²) in [7, 11) is 0. The van der Waals surface area contributed by atoms with Crippen LogP contribution in [0.3, 0.4) is 0 Å². The first kappa shape index (κ1) is 15.5. The van der Waals surface area contributed by atoms with Crippen LogP contribution in [0.25, 0.3) is 0 Å². The Kier molecular flexibility index (Phi) is 4.76. The van der Waals surface area contributed by atoms with Gasteiger partial charge in [-0.1, -0.05) is 30.3 Å². The summed E-state index contributed by atoms with van der Waals surface area (Å²) in [4.78, 5) is 14.2. The fourth-order valence-corrected chi connectivity index (χ4v) is 2.99. The molecule has 1 aromatic carbocycles. The number of rotatable bonds is 6. The topological polar surface area (TPSA) is 61.8 Å². The number of morpholine rings is 1. The van der Waals surface area contributed by atoms with Crippen LogP contribution in [0.2, 0.25) is 0 Å². The Morgan fingerprint density at radius 1 is 1.27 bits per heavy atom. The summed E-state index contributed by atoms with van der Waals surface area (Å²) in [6.45, 7) is 3.98. The number of aliphatic hydroxyl groups excluding tert-OH is 1. The first-order valence-electron chi connectivity index (χ1n) is 7.99. The van der Waals surface area contributed by atoms with Gasteiger partial charge in [0.05, 0.1) is 25.9 Å². The van der Waals surface area contributed by atoms with Crippen LogP contribution in [-0.4, -0.2) is 55.3 Å². The van der Waals surface area contributed by atoms with Crippen molar-refractivity contribution in [1.29, 1.82) is 0 Å². The van der Waals surface area contributed by atoms with E-state index < -0.39 is 6.10 Å². The molecule has 1 aromatic rings. The Bertz CT molecular complexity index is 496. The summed E-state index contributed by atoms with van der Waals surface area (Å²) < 4.78 is 5.28. The normalized spacial score (nSPS) is 22.0. The molecule has 0 radical (unpaired) electrons. The van der Waals surface area contributed by atoms with Crippen LogP contribution in [0.15, 0.2) is 30.3 Å². The van der Waals surface area contributed by atoms with E-state index in [9.17, 15) is 9.90 Å². The average Bonchev–Trinajstić information content (AvgIpc) is 3.35. The fraction of sp³-hybridized carbons (Fsp3) is 0.588. The Morgan fingerprint density at radius 2 is 1.95 bits per heavy atom. The summed E-state index contributed by atoms with van der Waals surface area (Å²) in [5.41, 5.74) is 0.754. The predicted octanol–water partition coefficient (Wildman–Crippen LogP) is 0.949. The lowest BCUT2D eigenvalue weighted by atomic mass is 9.92. The van der Waals surface area contributed by atoms with Crippen LogP contribution >= 0.6 is 0 Å². The van der Waals surface area contributed by atoms with E-state index >= 15 is 0 Å². The van der Waals surface area contributed by atoms with Gasteiger partial charge in [-0.05, 0) is 18.4 Å². The number of nitrogens with zero attached hydrogens (tertiary/aromatic N) is 1. The first-order valence-corrected chi connectivity index (χ1v) is 7.99. The summed E-state index contributed by atoms with van der Waals surface area (Å²) >= 11 is 0. The van der Waals surface area contributed by atoms with E-state index in [0.717, 1.165) is 31.5 Å². The van der Waals surface area contributed by atoms with E-state index in [-0.39, 0.29) is 11.3 Å². The minimum atomic E-state index is -0.502. The number of carbonyl (C=O) groups excluding carboxylic acids is 1. The Labute approximate surface area is 131 Å². The van der Waals surface area contributed by atoms with Crippen molar-refractivity contribution in [1.82, 2.24) is 10.2 Å². The summed E-state index contributed by atoms with van der Waals surface area (Å²) in [6, 6.07) is 9.71. The van der Waals surface area contributed by atoms with Crippen molar-refractivity contribution in [3.8, 4) is 0 Å². The third kappa shape index (κ3) is 3.66. The molecule has 5 heteroatoms. The largest absolute Gasteiger partial charge is 0.388 e. The van der Waals surface area contributed by atoms with Gasteiger partial charge in [0.2, 0.25) is 5.91 Å². The fourth-order valence-electron chi connectivity index (χ4n) is 2.99. The van der Waals surface area contributed by atoms with Crippen molar-refractivity contribution in [2.24, 2.45) is 5.41 Å². The molecular weight excluding hydrogens is 280 g/mol. The van der Waals surface area contributed by atoms with Crippen molar-refractivity contribution < 1.29 is 14.6 Å². The zero-order valence-corrected chi connectivity index (χ0v) is 12.8. The molecule has 0 aromatic heterocycles. The minimum absolute atomic E-state index is 0.0356. The van der Waals surface area contributed by atoms with Crippen molar-refractivity contribution in [2.75, 3.05) is 39.4 Å². The number of amides is 1. The highest BCUT2D eigenvalue weighted by molar-refractivity contribution is 5.78. The van der Waals surface area contributed by atoms with Gasteiger partial charge in [0, 0.05) is 25.0 Å². The van der Waals surface area contributed by atoms with Gasteiger partial charge in [-0.2, -0.15) is 0 Å². The zero-order valence-electron chi connectivity index (χ0n) is 12.8. The highest BCUT2D eigenvalue weighted by Crippen LogP contribution is 2.54. The van der Waals surface area contributed by atoms with Gasteiger partial charge in [0.15, 0.2) is 0 Å². The number of hydrogen-bond donors (Lipinski definition) is 2. The lowest BCUT2D eigenvalue weighted by Crippen LogP contribution is -2.44. The van der Waals surface area contributed by atoms with Crippen molar-refractivity contribution in [2.45, 2.75) is 18.9 Å². The van der Waals surface area contributed by atoms with Crippen LogP contribution < -0.4 is 5.32 Å². The van der Waals surface area contributed by atoms with E-state index in [0.29, 0.717) is 26.3 Å². The summed E-state index contributed by atoms with van der Waals surface area (Å²) in [5.74, 6) is 0.0356. The second-order valence-corrected chi connectivity index (χ2v) is 6.34. The Morgan fingerprint density at radius 3 is 2.59 bits per heavy atom. The number of aliphatic hydroxyl groups is 1. The van der Waals surface area contributed by atoms with Crippen LogP contribution in [0.1, 0.15) is 24.5 Å². The maximum Gasteiger partial charge on any atom is 0.234 e. The second kappa shape index (κ2) is 6.77. The summed E-state index contributed by atoms with van der Waals surface area (Å²) in [6.07, 6.45) is 1.42. The van der Waals surface area contributed by atoms with E-state index in [1.54, 1.807) is 0 Å². The molecule has 0 bridgehead atoms. The van der Waals surface area contributed by atoms with Crippen LogP contribution in [0.4, 0.5) is 0 Å². The molecule has 120 valence electrons. The Hall–Kier alpha value is -1.43. The third-order valence-electron chi connectivity index (χ3n) is 4.70. The lowest BCUT2D eigenvalue weighted by Gasteiger charge is -2.27. The lowest BCUT2D eigenvalue weighted by molar-refractivity contribution is -0.123. The standard InChI is InChI=1S/C17H24N2O3/c20-15(12-19-8-10-22-11-9-19)18-13-17(6-7-17)16(21)14-4-2-1-3-5-14/h1-5,16,21H,6-13H2,(H,18,20). The zero-order chi connectivity index (χ0) is 15.4. The van der Waals surface area contributed by atoms with Gasteiger partial charge in [-0.15, -0.1) is 0 Å². The molecular formula is C17H24N2O3. The molecule has 1 saturated heterocycles. The van der Waals surface area contributed by atoms with Gasteiger partial charge in [0.25, 0.3) is 0 Å². The molecule has 1 aliphatic carbocycles. The van der Waals surface area contributed by atoms with Gasteiger partial charge in [-0.3, -0.25) is 9.69 Å². The molecule has 0 spiro atoms. The minimum Gasteiger partial charge on any atom is -0.388 e. The molecule has 1 heterocycles. The number of nitrogens with one attached hydrogen (secondary N) is 1. The average molecular weight is 304 g/mol. The number of hydrogen-bond acceptors (Lipinski definition) is 4. The highest BCUT2D eigenvalue weighted by atomic mass is 16.5. The molecule has 2 fully saturated rings. The van der Waals surface area contributed by atoms with Crippen LogP contribution in [-0.2, 0) is 9.53 Å².